The summed E-state index contributed by atoms with van der Waals surface area (Å²) >= 11 is 0. The number of benzene rings is 1. The smallest absolute Gasteiger partial charge is 0.344 e. The lowest BCUT2D eigenvalue weighted by atomic mass is 10.1. The Kier molecular flexibility index (Phi) is 6.09. The first-order valence-electron chi connectivity index (χ1n) is 8.60. The average Bonchev–Trinajstić information content (AvgIpc) is 3.34. The van der Waals surface area contributed by atoms with Crippen LogP contribution in [-0.4, -0.2) is 31.1 Å². The van der Waals surface area contributed by atoms with Gasteiger partial charge in [-0.2, -0.15) is 0 Å². The lowest BCUT2D eigenvalue weighted by Gasteiger charge is -2.09. The minimum absolute atomic E-state index is 0.139. The molecular formula is C19H20N2O6. The molecule has 0 saturated carbocycles. The summed E-state index contributed by atoms with van der Waals surface area (Å²) in [6.07, 6.45) is 4.69. The monoisotopic (exact) mass is 372 g/mol. The molecule has 1 aliphatic carbocycles. The highest BCUT2D eigenvalue weighted by atomic mass is 16.6. The van der Waals surface area contributed by atoms with E-state index in [1.54, 1.807) is 12.1 Å². The summed E-state index contributed by atoms with van der Waals surface area (Å²) in [5.74, 6) is -0.290. The molecule has 2 N–H and O–H groups in total. The van der Waals surface area contributed by atoms with Crippen molar-refractivity contribution >= 4 is 17.9 Å². The van der Waals surface area contributed by atoms with E-state index in [1.165, 1.54) is 17.4 Å². The molecule has 0 saturated heterocycles. The summed E-state index contributed by atoms with van der Waals surface area (Å²) in [5.41, 5.74) is 2.55. The zero-order valence-corrected chi connectivity index (χ0v) is 14.7. The van der Waals surface area contributed by atoms with E-state index >= 15 is 0 Å². The molecule has 1 aromatic carbocycles. The quantitative estimate of drug-likeness (QED) is 0.717. The van der Waals surface area contributed by atoms with Gasteiger partial charge in [0.25, 0.3) is 5.91 Å². The van der Waals surface area contributed by atoms with Gasteiger partial charge in [-0.15, -0.1) is 0 Å². The van der Waals surface area contributed by atoms with Crippen molar-refractivity contribution in [2.45, 2.75) is 25.8 Å². The van der Waals surface area contributed by atoms with Gasteiger partial charge in [-0.1, -0.05) is 6.07 Å². The first kappa shape index (κ1) is 18.5. The summed E-state index contributed by atoms with van der Waals surface area (Å²) in [6, 6.07) is 8.40. The normalized spacial score (nSPS) is 12.1. The number of aryl methyl sites for hydroxylation is 2. The number of esters is 1. The molecule has 1 aliphatic rings. The third kappa shape index (κ3) is 5.60. The largest absolute Gasteiger partial charge is 0.482 e. The van der Waals surface area contributed by atoms with Crippen LogP contribution in [0.15, 0.2) is 41.0 Å². The van der Waals surface area contributed by atoms with E-state index in [4.69, 9.17) is 13.9 Å². The van der Waals surface area contributed by atoms with Crippen LogP contribution < -0.4 is 15.4 Å². The maximum Gasteiger partial charge on any atom is 0.344 e. The van der Waals surface area contributed by atoms with Crippen LogP contribution >= 0.6 is 0 Å². The van der Waals surface area contributed by atoms with Crippen molar-refractivity contribution in [1.29, 1.82) is 0 Å². The van der Waals surface area contributed by atoms with E-state index in [9.17, 15) is 14.4 Å². The fourth-order valence-corrected chi connectivity index (χ4v) is 2.76. The van der Waals surface area contributed by atoms with Gasteiger partial charge in [0.05, 0.1) is 12.8 Å². The number of fused-ring (bicyclic) bond motifs is 1. The Bertz CT molecular complexity index is 816. The SMILES string of the molecule is O=C(COC(=O)COc1ccc2c(c1)CCC2)NC(=O)NCc1ccco1. The van der Waals surface area contributed by atoms with E-state index in [1.807, 2.05) is 18.2 Å². The van der Waals surface area contributed by atoms with E-state index in [0.29, 0.717) is 11.5 Å². The van der Waals surface area contributed by atoms with Gasteiger partial charge in [0.15, 0.2) is 13.2 Å². The van der Waals surface area contributed by atoms with Crippen molar-refractivity contribution in [3.05, 3.63) is 53.5 Å². The molecule has 3 amide bonds. The lowest BCUT2D eigenvalue weighted by molar-refractivity contribution is -0.150. The molecule has 0 spiro atoms. The molecule has 0 fully saturated rings. The maximum atomic E-state index is 11.7. The Labute approximate surface area is 155 Å². The predicted octanol–water partition coefficient (Wildman–Crippen LogP) is 1.72. The van der Waals surface area contributed by atoms with Crippen LogP contribution in [0.4, 0.5) is 4.79 Å². The number of carbonyl (C=O) groups excluding carboxylic acids is 3. The molecule has 0 radical (unpaired) electrons. The van der Waals surface area contributed by atoms with Crippen LogP contribution in [0.25, 0.3) is 0 Å². The van der Waals surface area contributed by atoms with Gasteiger partial charge in [0.1, 0.15) is 11.5 Å². The van der Waals surface area contributed by atoms with Gasteiger partial charge in [0.2, 0.25) is 0 Å². The number of imide groups is 1. The third-order valence-corrected chi connectivity index (χ3v) is 4.05. The summed E-state index contributed by atoms with van der Waals surface area (Å²) in [7, 11) is 0. The number of hydrogen-bond donors (Lipinski definition) is 2. The standard InChI is InChI=1S/C19H20N2O6/c22-17(21-19(24)20-10-16-5-2-8-25-16)11-27-18(23)12-26-15-7-6-13-3-1-4-14(13)9-15/h2,5-9H,1,3-4,10-12H2,(H2,20,21,22,24). The Morgan fingerprint density at radius 2 is 1.93 bits per heavy atom. The predicted molar refractivity (Wildman–Crippen MR) is 94.0 cm³/mol. The molecule has 0 unspecified atom stereocenters. The second kappa shape index (κ2) is 8.88. The van der Waals surface area contributed by atoms with Crippen LogP contribution in [-0.2, 0) is 33.7 Å². The Balaban J connectivity index is 1.32. The number of amides is 3. The molecule has 8 nitrogen and oxygen atoms in total. The van der Waals surface area contributed by atoms with Gasteiger partial charge in [-0.25, -0.2) is 9.59 Å². The molecule has 1 aromatic heterocycles. The fourth-order valence-electron chi connectivity index (χ4n) is 2.76. The van der Waals surface area contributed by atoms with Crippen LogP contribution in [0.2, 0.25) is 0 Å². The molecule has 0 aliphatic heterocycles. The lowest BCUT2D eigenvalue weighted by Crippen LogP contribution is -2.41. The summed E-state index contributed by atoms with van der Waals surface area (Å²) in [4.78, 5) is 34.8. The first-order chi connectivity index (χ1) is 13.1. The molecule has 27 heavy (non-hydrogen) atoms. The number of ether oxygens (including phenoxy) is 2. The number of furan rings is 1. The topological polar surface area (TPSA) is 107 Å². The van der Waals surface area contributed by atoms with Crippen molar-refractivity contribution in [2.75, 3.05) is 13.2 Å². The molecule has 142 valence electrons. The number of rotatable bonds is 7. The van der Waals surface area contributed by atoms with Gasteiger partial charge in [0, 0.05) is 0 Å². The molecule has 2 aromatic rings. The van der Waals surface area contributed by atoms with Crippen molar-refractivity contribution in [3.63, 3.8) is 0 Å². The number of hydrogen-bond acceptors (Lipinski definition) is 6. The molecule has 0 atom stereocenters. The minimum Gasteiger partial charge on any atom is -0.482 e. The van der Waals surface area contributed by atoms with Crippen molar-refractivity contribution in [3.8, 4) is 5.75 Å². The second-order valence-corrected chi connectivity index (χ2v) is 6.04. The van der Waals surface area contributed by atoms with Crippen LogP contribution in [0.1, 0.15) is 23.3 Å². The second-order valence-electron chi connectivity index (χ2n) is 6.04. The van der Waals surface area contributed by atoms with Gasteiger partial charge < -0.3 is 19.2 Å². The average molecular weight is 372 g/mol. The minimum atomic E-state index is -0.738. The maximum absolute atomic E-state index is 11.7. The fraction of sp³-hybridized carbons (Fsp3) is 0.316. The summed E-state index contributed by atoms with van der Waals surface area (Å²) < 4.78 is 15.2. The van der Waals surface area contributed by atoms with Gasteiger partial charge >= 0.3 is 12.0 Å². The Hall–Kier alpha value is -3.29. The third-order valence-electron chi connectivity index (χ3n) is 4.05. The number of carbonyl (C=O) groups is 3. The van der Waals surface area contributed by atoms with E-state index < -0.39 is 24.5 Å². The van der Waals surface area contributed by atoms with Crippen LogP contribution in [0, 0.1) is 0 Å². The number of nitrogens with one attached hydrogen (secondary N) is 2. The van der Waals surface area contributed by atoms with Crippen molar-refractivity contribution in [1.82, 2.24) is 10.6 Å². The zero-order valence-electron chi connectivity index (χ0n) is 14.7. The highest BCUT2D eigenvalue weighted by Gasteiger charge is 2.14. The molecule has 1 heterocycles. The molecule has 0 bridgehead atoms. The van der Waals surface area contributed by atoms with Crippen molar-refractivity contribution < 1.29 is 28.3 Å². The van der Waals surface area contributed by atoms with Gasteiger partial charge in [-0.3, -0.25) is 10.1 Å². The van der Waals surface area contributed by atoms with Crippen molar-refractivity contribution in [2.24, 2.45) is 0 Å². The van der Waals surface area contributed by atoms with Gasteiger partial charge in [-0.05, 0) is 54.7 Å². The highest BCUT2D eigenvalue weighted by molar-refractivity contribution is 5.95. The first-order valence-corrected chi connectivity index (χ1v) is 8.60. The summed E-state index contributed by atoms with van der Waals surface area (Å²) in [5, 5.41) is 4.49. The van der Waals surface area contributed by atoms with E-state index in [-0.39, 0.29) is 13.2 Å². The Morgan fingerprint density at radius 3 is 2.74 bits per heavy atom. The van der Waals surface area contributed by atoms with Crippen LogP contribution in [0.5, 0.6) is 5.75 Å². The van der Waals surface area contributed by atoms with E-state index in [0.717, 1.165) is 19.3 Å². The number of urea groups is 1. The van der Waals surface area contributed by atoms with Crippen LogP contribution in [0.3, 0.4) is 0 Å². The zero-order chi connectivity index (χ0) is 19.1. The molecular weight excluding hydrogens is 352 g/mol. The summed E-state index contributed by atoms with van der Waals surface area (Å²) in [6.45, 7) is -0.738. The molecule has 3 rings (SSSR count). The Morgan fingerprint density at radius 1 is 1.07 bits per heavy atom. The van der Waals surface area contributed by atoms with E-state index in [2.05, 4.69) is 10.6 Å². The molecule has 8 heteroatoms. The highest BCUT2D eigenvalue weighted by Crippen LogP contribution is 2.25.